The SMILES string of the molecule is NCC(=O)NCc1cn(CC2CCCCO2)nn1. The molecule has 1 aromatic rings. The third kappa shape index (κ3) is 3.78. The van der Waals surface area contributed by atoms with Gasteiger partial charge in [-0.2, -0.15) is 0 Å². The lowest BCUT2D eigenvalue weighted by atomic mass is 10.1. The molecule has 1 saturated heterocycles. The van der Waals surface area contributed by atoms with Crippen LogP contribution in [-0.4, -0.2) is 40.2 Å². The molecule has 1 atom stereocenters. The molecule has 1 unspecified atom stereocenters. The van der Waals surface area contributed by atoms with Gasteiger partial charge in [0.2, 0.25) is 5.91 Å². The van der Waals surface area contributed by atoms with Gasteiger partial charge in [-0.25, -0.2) is 4.68 Å². The third-order valence-corrected chi connectivity index (χ3v) is 2.90. The van der Waals surface area contributed by atoms with E-state index in [1.807, 2.05) is 6.20 Å². The third-order valence-electron chi connectivity index (χ3n) is 2.90. The molecule has 1 aromatic heterocycles. The quantitative estimate of drug-likeness (QED) is 0.732. The minimum absolute atomic E-state index is 0.00987. The zero-order valence-corrected chi connectivity index (χ0v) is 10.3. The highest BCUT2D eigenvalue weighted by atomic mass is 16.5. The highest BCUT2D eigenvalue weighted by Gasteiger charge is 2.15. The molecule has 18 heavy (non-hydrogen) atoms. The van der Waals surface area contributed by atoms with Gasteiger partial charge in [0.05, 0.1) is 31.9 Å². The van der Waals surface area contributed by atoms with Crippen LogP contribution in [0.3, 0.4) is 0 Å². The molecule has 0 radical (unpaired) electrons. The second-order valence-electron chi connectivity index (χ2n) is 4.40. The number of hydrogen-bond acceptors (Lipinski definition) is 5. The molecular weight excluding hydrogens is 234 g/mol. The molecule has 2 heterocycles. The Balaban J connectivity index is 1.80. The molecule has 1 aliphatic heterocycles. The van der Waals surface area contributed by atoms with Crippen LogP contribution in [0.4, 0.5) is 0 Å². The summed E-state index contributed by atoms with van der Waals surface area (Å²) in [4.78, 5) is 11.0. The van der Waals surface area contributed by atoms with Gasteiger partial charge in [-0.15, -0.1) is 5.10 Å². The molecule has 2 rings (SSSR count). The highest BCUT2D eigenvalue weighted by Crippen LogP contribution is 2.13. The molecule has 1 amide bonds. The van der Waals surface area contributed by atoms with Crippen LogP contribution in [0.15, 0.2) is 6.20 Å². The Morgan fingerprint density at radius 2 is 2.50 bits per heavy atom. The van der Waals surface area contributed by atoms with Crippen molar-refractivity contribution in [2.24, 2.45) is 5.73 Å². The van der Waals surface area contributed by atoms with Crippen LogP contribution >= 0.6 is 0 Å². The van der Waals surface area contributed by atoms with Crippen molar-refractivity contribution in [2.75, 3.05) is 13.2 Å². The Labute approximate surface area is 106 Å². The normalized spacial score (nSPS) is 19.7. The van der Waals surface area contributed by atoms with E-state index < -0.39 is 0 Å². The second kappa shape index (κ2) is 6.46. The van der Waals surface area contributed by atoms with Crippen molar-refractivity contribution in [1.29, 1.82) is 0 Å². The van der Waals surface area contributed by atoms with E-state index in [0.717, 1.165) is 31.7 Å². The summed E-state index contributed by atoms with van der Waals surface area (Å²) in [6, 6.07) is 0. The number of nitrogens with two attached hydrogens (primary N) is 1. The van der Waals surface area contributed by atoms with Crippen LogP contribution in [0.2, 0.25) is 0 Å². The predicted molar refractivity (Wildman–Crippen MR) is 64.5 cm³/mol. The van der Waals surface area contributed by atoms with Crippen molar-refractivity contribution >= 4 is 5.91 Å². The van der Waals surface area contributed by atoms with E-state index in [1.54, 1.807) is 4.68 Å². The molecule has 0 spiro atoms. The van der Waals surface area contributed by atoms with Crippen molar-refractivity contribution < 1.29 is 9.53 Å². The Morgan fingerprint density at radius 1 is 1.61 bits per heavy atom. The zero-order chi connectivity index (χ0) is 12.8. The van der Waals surface area contributed by atoms with Gasteiger partial charge >= 0.3 is 0 Å². The lowest BCUT2D eigenvalue weighted by Crippen LogP contribution is -2.29. The predicted octanol–water partition coefficient (Wildman–Crippen LogP) is -0.578. The van der Waals surface area contributed by atoms with Crippen molar-refractivity contribution in [3.8, 4) is 0 Å². The summed E-state index contributed by atoms with van der Waals surface area (Å²) in [5.74, 6) is -0.194. The number of carbonyl (C=O) groups excluding carboxylic acids is 1. The lowest BCUT2D eigenvalue weighted by molar-refractivity contribution is -0.119. The van der Waals surface area contributed by atoms with E-state index in [2.05, 4.69) is 15.6 Å². The van der Waals surface area contributed by atoms with Gasteiger partial charge in [-0.1, -0.05) is 5.21 Å². The molecule has 0 aromatic carbocycles. The fourth-order valence-electron chi connectivity index (χ4n) is 1.93. The van der Waals surface area contributed by atoms with Crippen LogP contribution in [-0.2, 0) is 22.6 Å². The van der Waals surface area contributed by atoms with E-state index in [-0.39, 0.29) is 18.6 Å². The number of nitrogens with zero attached hydrogens (tertiary/aromatic N) is 3. The molecule has 1 aliphatic rings. The standard InChI is InChI=1S/C11H19N5O2/c12-5-11(17)13-6-9-7-16(15-14-9)8-10-3-1-2-4-18-10/h7,10H,1-6,8,12H2,(H,13,17). The van der Waals surface area contributed by atoms with Gasteiger partial charge in [-0.05, 0) is 19.3 Å². The first-order chi connectivity index (χ1) is 8.78. The monoisotopic (exact) mass is 253 g/mol. The molecule has 7 heteroatoms. The van der Waals surface area contributed by atoms with Gasteiger partial charge in [0.1, 0.15) is 5.69 Å². The maximum Gasteiger partial charge on any atom is 0.234 e. The van der Waals surface area contributed by atoms with Gasteiger partial charge in [-0.3, -0.25) is 4.79 Å². The maximum absolute atomic E-state index is 11.0. The first-order valence-electron chi connectivity index (χ1n) is 6.25. The van der Waals surface area contributed by atoms with E-state index in [0.29, 0.717) is 6.54 Å². The summed E-state index contributed by atoms with van der Waals surface area (Å²) >= 11 is 0. The summed E-state index contributed by atoms with van der Waals surface area (Å²) in [6.07, 6.45) is 5.48. The first kappa shape index (κ1) is 13.0. The summed E-state index contributed by atoms with van der Waals surface area (Å²) in [7, 11) is 0. The molecular formula is C11H19N5O2. The number of aromatic nitrogens is 3. The van der Waals surface area contributed by atoms with Crippen LogP contribution < -0.4 is 11.1 Å². The minimum Gasteiger partial charge on any atom is -0.376 e. The van der Waals surface area contributed by atoms with E-state index in [9.17, 15) is 4.79 Å². The molecule has 3 N–H and O–H groups in total. The van der Waals surface area contributed by atoms with E-state index >= 15 is 0 Å². The number of nitrogens with one attached hydrogen (secondary N) is 1. The van der Waals surface area contributed by atoms with Gasteiger partial charge in [0.15, 0.2) is 0 Å². The Morgan fingerprint density at radius 3 is 3.22 bits per heavy atom. The van der Waals surface area contributed by atoms with E-state index in [4.69, 9.17) is 10.5 Å². The van der Waals surface area contributed by atoms with Gasteiger partial charge in [0.25, 0.3) is 0 Å². The van der Waals surface area contributed by atoms with Crippen molar-refractivity contribution in [3.05, 3.63) is 11.9 Å². The number of carbonyl (C=O) groups is 1. The summed E-state index contributed by atoms with van der Waals surface area (Å²) in [5, 5.41) is 10.7. The lowest BCUT2D eigenvalue weighted by Gasteiger charge is -2.21. The average molecular weight is 253 g/mol. The molecule has 1 fully saturated rings. The molecule has 0 aliphatic carbocycles. The topological polar surface area (TPSA) is 95.1 Å². The van der Waals surface area contributed by atoms with Crippen LogP contribution in [0.5, 0.6) is 0 Å². The summed E-state index contributed by atoms with van der Waals surface area (Å²) in [6.45, 7) is 1.90. The highest BCUT2D eigenvalue weighted by molar-refractivity contribution is 5.77. The van der Waals surface area contributed by atoms with Gasteiger partial charge in [0, 0.05) is 6.61 Å². The Kier molecular flexibility index (Phi) is 4.66. The van der Waals surface area contributed by atoms with Crippen LogP contribution in [0, 0.1) is 0 Å². The summed E-state index contributed by atoms with van der Waals surface area (Å²) in [5.41, 5.74) is 5.92. The molecule has 0 bridgehead atoms. The number of amides is 1. The fraction of sp³-hybridized carbons (Fsp3) is 0.727. The van der Waals surface area contributed by atoms with Crippen LogP contribution in [0.1, 0.15) is 25.0 Å². The smallest absolute Gasteiger partial charge is 0.234 e. The summed E-state index contributed by atoms with van der Waals surface area (Å²) < 4.78 is 7.40. The molecule has 100 valence electrons. The molecule has 0 saturated carbocycles. The second-order valence-corrected chi connectivity index (χ2v) is 4.40. The van der Waals surface area contributed by atoms with Gasteiger partial charge < -0.3 is 15.8 Å². The first-order valence-corrected chi connectivity index (χ1v) is 6.25. The molecule has 7 nitrogen and oxygen atoms in total. The van der Waals surface area contributed by atoms with Crippen LogP contribution in [0.25, 0.3) is 0 Å². The Bertz CT molecular complexity index is 387. The fourth-order valence-corrected chi connectivity index (χ4v) is 1.93. The number of hydrogen-bond donors (Lipinski definition) is 2. The average Bonchev–Trinajstić information content (AvgIpc) is 2.85. The zero-order valence-electron chi connectivity index (χ0n) is 10.3. The minimum atomic E-state index is -0.194. The van der Waals surface area contributed by atoms with Crippen molar-refractivity contribution in [3.63, 3.8) is 0 Å². The van der Waals surface area contributed by atoms with Crippen molar-refractivity contribution in [1.82, 2.24) is 20.3 Å². The number of rotatable bonds is 5. The van der Waals surface area contributed by atoms with E-state index in [1.165, 1.54) is 6.42 Å². The van der Waals surface area contributed by atoms with Crippen molar-refractivity contribution in [2.45, 2.75) is 38.5 Å². The Hall–Kier alpha value is -1.47. The maximum atomic E-state index is 11.0. The largest absolute Gasteiger partial charge is 0.376 e. The number of ether oxygens (including phenoxy) is 1.